The highest BCUT2D eigenvalue weighted by molar-refractivity contribution is 9.10. The second-order valence-corrected chi connectivity index (χ2v) is 5.35. The molecule has 1 atom stereocenters. The fourth-order valence-electron chi connectivity index (χ4n) is 1.73. The first kappa shape index (κ1) is 15.4. The number of nitrogens with one attached hydrogen (secondary N) is 1. The van der Waals surface area contributed by atoms with Crippen molar-refractivity contribution in [1.29, 1.82) is 0 Å². The molecule has 0 aliphatic carbocycles. The number of nitrogens with zero attached hydrogens (tertiary/aromatic N) is 1. The van der Waals surface area contributed by atoms with Gasteiger partial charge >= 0.3 is 0 Å². The quantitative estimate of drug-likeness (QED) is 0.898. The molecule has 110 valence electrons. The molecule has 6 heteroatoms. The number of pyridine rings is 1. The predicted octanol–water partition coefficient (Wildman–Crippen LogP) is 3.24. The van der Waals surface area contributed by atoms with Gasteiger partial charge in [-0.1, -0.05) is 22.0 Å². The predicted molar refractivity (Wildman–Crippen MR) is 80.4 cm³/mol. The summed E-state index contributed by atoms with van der Waals surface area (Å²) in [5, 5.41) is 2.76. The van der Waals surface area contributed by atoms with Crippen LogP contribution in [0.25, 0.3) is 0 Å². The molecule has 0 spiro atoms. The Hall–Kier alpha value is -1.95. The van der Waals surface area contributed by atoms with Gasteiger partial charge in [-0.25, -0.2) is 4.39 Å². The third-order valence-corrected chi connectivity index (χ3v) is 3.31. The van der Waals surface area contributed by atoms with Crippen molar-refractivity contribution in [3.05, 3.63) is 58.6 Å². The monoisotopic (exact) mass is 352 g/mol. The summed E-state index contributed by atoms with van der Waals surface area (Å²) in [6.07, 6.45) is 3.34. The molecule has 1 unspecified atom stereocenters. The largest absolute Gasteiger partial charge is 0.481 e. The molecule has 0 saturated heterocycles. The van der Waals surface area contributed by atoms with Crippen LogP contribution in [0.15, 0.2) is 47.2 Å². The van der Waals surface area contributed by atoms with Crippen LogP contribution in [0.5, 0.6) is 5.75 Å². The Morgan fingerprint density at radius 1 is 1.48 bits per heavy atom. The van der Waals surface area contributed by atoms with Crippen molar-refractivity contribution in [2.24, 2.45) is 0 Å². The fraction of sp³-hybridized carbons (Fsp3) is 0.200. The lowest BCUT2D eigenvalue weighted by Crippen LogP contribution is -2.31. The van der Waals surface area contributed by atoms with Crippen LogP contribution in [0.3, 0.4) is 0 Å². The number of amides is 1. The number of rotatable bonds is 5. The summed E-state index contributed by atoms with van der Waals surface area (Å²) in [7, 11) is 0. The van der Waals surface area contributed by atoms with Crippen LogP contribution in [-0.4, -0.2) is 17.5 Å². The zero-order chi connectivity index (χ0) is 15.2. The van der Waals surface area contributed by atoms with E-state index in [2.05, 4.69) is 26.2 Å². The van der Waals surface area contributed by atoms with Gasteiger partial charge in [-0.2, -0.15) is 0 Å². The minimum absolute atomic E-state index is 0.0439. The molecule has 2 rings (SSSR count). The molecule has 0 aliphatic heterocycles. The average Bonchev–Trinajstić information content (AvgIpc) is 2.47. The first-order valence-electron chi connectivity index (χ1n) is 6.33. The molecule has 0 saturated carbocycles. The summed E-state index contributed by atoms with van der Waals surface area (Å²) in [5.41, 5.74) is 0.890. The summed E-state index contributed by atoms with van der Waals surface area (Å²) in [5.74, 6) is -0.798. The van der Waals surface area contributed by atoms with Gasteiger partial charge in [0.05, 0.1) is 6.04 Å². The second-order valence-electron chi connectivity index (χ2n) is 4.44. The molecule has 1 amide bonds. The average molecular weight is 353 g/mol. The zero-order valence-corrected chi connectivity index (χ0v) is 12.9. The minimum atomic E-state index is -0.516. The highest BCUT2D eigenvalue weighted by atomic mass is 79.9. The number of carbonyl (C=O) groups excluding carboxylic acids is 1. The first-order valence-corrected chi connectivity index (χ1v) is 7.12. The smallest absolute Gasteiger partial charge is 0.258 e. The second kappa shape index (κ2) is 7.17. The zero-order valence-electron chi connectivity index (χ0n) is 11.3. The van der Waals surface area contributed by atoms with Crippen molar-refractivity contribution in [3.8, 4) is 5.75 Å². The lowest BCUT2D eigenvalue weighted by molar-refractivity contribution is -0.123. The van der Waals surface area contributed by atoms with E-state index in [0.717, 1.165) is 5.56 Å². The molecule has 0 aliphatic rings. The van der Waals surface area contributed by atoms with Gasteiger partial charge in [-0.15, -0.1) is 0 Å². The SMILES string of the molecule is CC(NC(=O)COc1ccc(Br)cc1F)c1cccnc1. The standard InChI is InChI=1S/C15H14BrFN2O2/c1-10(11-3-2-6-18-8-11)19-15(20)9-21-14-5-4-12(16)7-13(14)17/h2-8,10H,9H2,1H3,(H,19,20). The molecule has 2 aromatic rings. The minimum Gasteiger partial charge on any atom is -0.481 e. The molecule has 0 fully saturated rings. The Balaban J connectivity index is 1.87. The van der Waals surface area contributed by atoms with E-state index in [1.807, 2.05) is 13.0 Å². The number of benzene rings is 1. The fourth-order valence-corrected chi connectivity index (χ4v) is 2.07. The van der Waals surface area contributed by atoms with Gasteiger partial charge in [0, 0.05) is 16.9 Å². The molecule has 21 heavy (non-hydrogen) atoms. The van der Waals surface area contributed by atoms with Crippen LogP contribution >= 0.6 is 15.9 Å². The number of hydrogen-bond donors (Lipinski definition) is 1. The van der Waals surface area contributed by atoms with Crippen LogP contribution in [0.4, 0.5) is 4.39 Å². The molecule has 0 bridgehead atoms. The normalized spacial score (nSPS) is 11.8. The highest BCUT2D eigenvalue weighted by Gasteiger charge is 2.11. The van der Waals surface area contributed by atoms with Gasteiger partial charge in [-0.3, -0.25) is 9.78 Å². The van der Waals surface area contributed by atoms with E-state index in [4.69, 9.17) is 4.74 Å². The number of hydrogen-bond acceptors (Lipinski definition) is 3. The third kappa shape index (κ3) is 4.53. The maximum absolute atomic E-state index is 13.5. The van der Waals surface area contributed by atoms with Gasteiger partial charge in [0.15, 0.2) is 18.2 Å². The van der Waals surface area contributed by atoms with Crippen molar-refractivity contribution in [3.63, 3.8) is 0 Å². The molecule has 1 aromatic heterocycles. The van der Waals surface area contributed by atoms with E-state index in [1.165, 1.54) is 12.1 Å². The van der Waals surface area contributed by atoms with Gasteiger partial charge in [0.1, 0.15) is 0 Å². The Morgan fingerprint density at radius 3 is 2.95 bits per heavy atom. The molecule has 1 N–H and O–H groups in total. The summed E-state index contributed by atoms with van der Waals surface area (Å²) >= 11 is 3.15. The van der Waals surface area contributed by atoms with Crippen molar-refractivity contribution >= 4 is 21.8 Å². The summed E-state index contributed by atoms with van der Waals surface area (Å²) < 4.78 is 19.3. The maximum atomic E-state index is 13.5. The van der Waals surface area contributed by atoms with E-state index in [-0.39, 0.29) is 24.3 Å². The Labute approximate surface area is 130 Å². The van der Waals surface area contributed by atoms with Crippen LogP contribution in [0.2, 0.25) is 0 Å². The van der Waals surface area contributed by atoms with E-state index in [9.17, 15) is 9.18 Å². The highest BCUT2D eigenvalue weighted by Crippen LogP contribution is 2.21. The molecule has 1 heterocycles. The van der Waals surface area contributed by atoms with Crippen LogP contribution in [0.1, 0.15) is 18.5 Å². The lowest BCUT2D eigenvalue weighted by atomic mass is 10.1. The van der Waals surface area contributed by atoms with Gasteiger partial charge in [-0.05, 0) is 36.8 Å². The molecule has 4 nitrogen and oxygen atoms in total. The van der Waals surface area contributed by atoms with Crippen LogP contribution in [-0.2, 0) is 4.79 Å². The van der Waals surface area contributed by atoms with E-state index >= 15 is 0 Å². The third-order valence-electron chi connectivity index (χ3n) is 2.81. The van der Waals surface area contributed by atoms with Gasteiger partial charge in [0.25, 0.3) is 5.91 Å². The number of carbonyl (C=O) groups is 1. The lowest BCUT2D eigenvalue weighted by Gasteiger charge is -2.14. The van der Waals surface area contributed by atoms with E-state index < -0.39 is 5.82 Å². The number of aromatic nitrogens is 1. The topological polar surface area (TPSA) is 51.2 Å². The molecular weight excluding hydrogens is 339 g/mol. The van der Waals surface area contributed by atoms with E-state index in [1.54, 1.807) is 24.5 Å². The maximum Gasteiger partial charge on any atom is 0.258 e. The Bertz CT molecular complexity index is 622. The van der Waals surface area contributed by atoms with Gasteiger partial charge < -0.3 is 10.1 Å². The molecule has 0 radical (unpaired) electrons. The van der Waals surface area contributed by atoms with Gasteiger partial charge in [0.2, 0.25) is 0 Å². The summed E-state index contributed by atoms with van der Waals surface area (Å²) in [6, 6.07) is 7.88. The van der Waals surface area contributed by atoms with Crippen molar-refractivity contribution in [2.75, 3.05) is 6.61 Å². The van der Waals surface area contributed by atoms with Crippen molar-refractivity contribution in [1.82, 2.24) is 10.3 Å². The van der Waals surface area contributed by atoms with E-state index in [0.29, 0.717) is 4.47 Å². The number of halogens is 2. The summed E-state index contributed by atoms with van der Waals surface area (Å²) in [4.78, 5) is 15.8. The Morgan fingerprint density at radius 2 is 2.29 bits per heavy atom. The Kier molecular flexibility index (Phi) is 5.27. The van der Waals surface area contributed by atoms with Crippen LogP contribution < -0.4 is 10.1 Å². The molecular formula is C15H14BrFN2O2. The summed E-state index contributed by atoms with van der Waals surface area (Å²) in [6.45, 7) is 1.60. The molecule has 1 aromatic carbocycles. The number of ether oxygens (including phenoxy) is 1. The first-order chi connectivity index (χ1) is 10.1. The van der Waals surface area contributed by atoms with Crippen LogP contribution in [0, 0.1) is 5.82 Å². The van der Waals surface area contributed by atoms with Crippen molar-refractivity contribution in [2.45, 2.75) is 13.0 Å². The van der Waals surface area contributed by atoms with Crippen molar-refractivity contribution < 1.29 is 13.9 Å².